The molecule has 2 aromatic heterocycles. The number of hydrogen-bond donors (Lipinski definition) is 2. The molecule has 1 fully saturated rings. The van der Waals surface area contributed by atoms with Crippen molar-refractivity contribution in [3.63, 3.8) is 0 Å². The number of hydrogen-bond acceptors (Lipinski definition) is 5. The van der Waals surface area contributed by atoms with Crippen LogP contribution in [0.4, 0.5) is 0 Å². The van der Waals surface area contributed by atoms with E-state index in [0.29, 0.717) is 0 Å². The van der Waals surface area contributed by atoms with Crippen LogP contribution in [-0.2, 0) is 17.7 Å². The molecule has 112 valence electrons. The second-order valence-corrected chi connectivity index (χ2v) is 5.25. The quantitative estimate of drug-likeness (QED) is 0.828. The van der Waals surface area contributed by atoms with E-state index in [0.717, 1.165) is 50.5 Å². The Kier molecular flexibility index (Phi) is 4.42. The zero-order chi connectivity index (χ0) is 14.5. The van der Waals surface area contributed by atoms with Gasteiger partial charge < -0.3 is 9.72 Å². The lowest BCUT2D eigenvalue weighted by Gasteiger charge is -2.32. The molecule has 0 bridgehead atoms. The van der Waals surface area contributed by atoms with Crippen molar-refractivity contribution in [1.29, 1.82) is 0 Å². The van der Waals surface area contributed by atoms with E-state index >= 15 is 0 Å². The predicted octanol–water partition coefficient (Wildman–Crippen LogP) is 0.327. The molecule has 2 N–H and O–H groups in total. The van der Waals surface area contributed by atoms with Gasteiger partial charge in [0.25, 0.3) is 5.56 Å². The molecule has 0 aromatic carbocycles. The number of H-pyrrole nitrogens is 2. The highest BCUT2D eigenvalue weighted by atomic mass is 16.5. The Bertz CT molecular complexity index is 610. The van der Waals surface area contributed by atoms with E-state index in [1.165, 1.54) is 6.33 Å². The van der Waals surface area contributed by atoms with Gasteiger partial charge in [-0.3, -0.25) is 14.8 Å². The van der Waals surface area contributed by atoms with Crippen molar-refractivity contribution < 1.29 is 4.74 Å². The molecular formula is C14H19N5O2. The van der Waals surface area contributed by atoms with E-state index in [2.05, 4.69) is 25.1 Å². The van der Waals surface area contributed by atoms with Gasteiger partial charge in [-0.15, -0.1) is 0 Å². The number of rotatable bonds is 5. The van der Waals surface area contributed by atoms with Gasteiger partial charge in [0.2, 0.25) is 0 Å². The van der Waals surface area contributed by atoms with E-state index in [-0.39, 0.29) is 11.7 Å². The maximum atomic E-state index is 11.2. The van der Waals surface area contributed by atoms with E-state index in [4.69, 9.17) is 4.74 Å². The minimum absolute atomic E-state index is 0.106. The van der Waals surface area contributed by atoms with Gasteiger partial charge in [-0.2, -0.15) is 5.10 Å². The first-order chi connectivity index (χ1) is 10.3. The Morgan fingerprint density at radius 1 is 1.48 bits per heavy atom. The molecule has 7 heteroatoms. The van der Waals surface area contributed by atoms with Crippen LogP contribution >= 0.6 is 0 Å². The van der Waals surface area contributed by atoms with Crippen LogP contribution in [0.1, 0.15) is 17.8 Å². The third-order valence-corrected chi connectivity index (χ3v) is 3.63. The van der Waals surface area contributed by atoms with Crippen molar-refractivity contribution in [2.75, 3.05) is 19.7 Å². The standard InChI is InChI=1S/C14H19N5O2/c20-14-7-11(15-10-16-14)1-2-13-9-19(5-6-21-13)8-12-3-4-17-18-12/h3-4,7,10,13H,1-2,5-6,8-9H2,(H,17,18)(H,15,16,20)/t13-/m0/s1. The predicted molar refractivity (Wildman–Crippen MR) is 76.8 cm³/mol. The minimum atomic E-state index is -0.106. The topological polar surface area (TPSA) is 86.9 Å². The summed E-state index contributed by atoms with van der Waals surface area (Å²) in [4.78, 5) is 20.3. The van der Waals surface area contributed by atoms with Crippen LogP contribution in [0.3, 0.4) is 0 Å². The van der Waals surface area contributed by atoms with Crippen molar-refractivity contribution in [2.24, 2.45) is 0 Å². The number of nitrogens with one attached hydrogen (secondary N) is 2. The van der Waals surface area contributed by atoms with Crippen LogP contribution in [0.25, 0.3) is 0 Å². The van der Waals surface area contributed by atoms with E-state index in [1.807, 2.05) is 6.07 Å². The molecule has 7 nitrogen and oxygen atoms in total. The van der Waals surface area contributed by atoms with Crippen LogP contribution in [0, 0.1) is 0 Å². The van der Waals surface area contributed by atoms with Gasteiger partial charge in [-0.05, 0) is 18.9 Å². The lowest BCUT2D eigenvalue weighted by molar-refractivity contribution is -0.0350. The molecule has 2 aromatic rings. The van der Waals surface area contributed by atoms with E-state index < -0.39 is 0 Å². The zero-order valence-corrected chi connectivity index (χ0v) is 11.8. The van der Waals surface area contributed by atoms with Crippen LogP contribution in [0.2, 0.25) is 0 Å². The molecule has 3 heterocycles. The molecule has 0 radical (unpaired) electrons. The summed E-state index contributed by atoms with van der Waals surface area (Å²) in [7, 11) is 0. The fraction of sp³-hybridized carbons (Fsp3) is 0.500. The summed E-state index contributed by atoms with van der Waals surface area (Å²) in [5.74, 6) is 0. The first-order valence-electron chi connectivity index (χ1n) is 7.15. The average Bonchev–Trinajstić information content (AvgIpc) is 2.99. The number of nitrogens with zero attached hydrogens (tertiary/aromatic N) is 3. The highest BCUT2D eigenvalue weighted by molar-refractivity contribution is 5.00. The van der Waals surface area contributed by atoms with Gasteiger partial charge in [-0.25, -0.2) is 4.98 Å². The number of aromatic amines is 2. The van der Waals surface area contributed by atoms with Crippen LogP contribution in [-0.4, -0.2) is 50.9 Å². The number of morpholine rings is 1. The van der Waals surface area contributed by atoms with Gasteiger partial charge in [0.15, 0.2) is 0 Å². The Morgan fingerprint density at radius 2 is 2.43 bits per heavy atom. The third kappa shape index (κ3) is 3.99. The summed E-state index contributed by atoms with van der Waals surface area (Å²) in [5, 5.41) is 6.95. The van der Waals surface area contributed by atoms with Gasteiger partial charge >= 0.3 is 0 Å². The molecule has 0 spiro atoms. The van der Waals surface area contributed by atoms with Crippen molar-refractivity contribution >= 4 is 0 Å². The largest absolute Gasteiger partial charge is 0.376 e. The van der Waals surface area contributed by atoms with Crippen molar-refractivity contribution in [3.8, 4) is 0 Å². The molecule has 1 saturated heterocycles. The Balaban J connectivity index is 1.50. The first kappa shape index (κ1) is 14.0. The van der Waals surface area contributed by atoms with Crippen molar-refractivity contribution in [1.82, 2.24) is 25.1 Å². The SMILES string of the molecule is O=c1cc(CC[C@H]2CN(Cc3ccn[nH]3)CCO2)nc[nH]1. The zero-order valence-electron chi connectivity index (χ0n) is 11.8. The normalized spacial score (nSPS) is 19.7. The van der Waals surface area contributed by atoms with Gasteiger partial charge in [0, 0.05) is 43.3 Å². The summed E-state index contributed by atoms with van der Waals surface area (Å²) < 4.78 is 5.80. The maximum absolute atomic E-state index is 11.2. The number of aromatic nitrogens is 4. The molecule has 0 amide bonds. The summed E-state index contributed by atoms with van der Waals surface area (Å²) >= 11 is 0. The number of ether oxygens (including phenoxy) is 1. The molecule has 0 unspecified atom stereocenters. The van der Waals surface area contributed by atoms with Crippen molar-refractivity contribution in [2.45, 2.75) is 25.5 Å². The van der Waals surface area contributed by atoms with Crippen LogP contribution in [0.15, 0.2) is 29.5 Å². The molecule has 1 aliphatic rings. The Labute approximate surface area is 122 Å². The molecule has 0 aliphatic carbocycles. The molecule has 1 atom stereocenters. The van der Waals surface area contributed by atoms with E-state index in [9.17, 15) is 4.79 Å². The Morgan fingerprint density at radius 3 is 3.24 bits per heavy atom. The van der Waals surface area contributed by atoms with Gasteiger partial charge in [-0.1, -0.05) is 0 Å². The summed E-state index contributed by atoms with van der Waals surface area (Å²) in [6.07, 6.45) is 5.03. The average molecular weight is 289 g/mol. The highest BCUT2D eigenvalue weighted by Crippen LogP contribution is 2.13. The summed E-state index contributed by atoms with van der Waals surface area (Å²) in [5.41, 5.74) is 1.82. The molecule has 3 rings (SSSR count). The first-order valence-corrected chi connectivity index (χ1v) is 7.15. The minimum Gasteiger partial charge on any atom is -0.376 e. The fourth-order valence-electron chi connectivity index (χ4n) is 2.57. The monoisotopic (exact) mass is 289 g/mol. The number of aryl methyl sites for hydroxylation is 1. The van der Waals surface area contributed by atoms with Crippen LogP contribution in [0.5, 0.6) is 0 Å². The summed E-state index contributed by atoms with van der Waals surface area (Å²) in [6.45, 7) is 3.42. The lowest BCUT2D eigenvalue weighted by Crippen LogP contribution is -2.42. The van der Waals surface area contributed by atoms with Gasteiger partial charge in [0.1, 0.15) is 0 Å². The van der Waals surface area contributed by atoms with Crippen LogP contribution < -0.4 is 5.56 Å². The Hall–Kier alpha value is -1.99. The molecule has 0 saturated carbocycles. The third-order valence-electron chi connectivity index (χ3n) is 3.63. The van der Waals surface area contributed by atoms with E-state index in [1.54, 1.807) is 12.3 Å². The molecule has 21 heavy (non-hydrogen) atoms. The van der Waals surface area contributed by atoms with Gasteiger partial charge in [0.05, 0.1) is 19.0 Å². The maximum Gasteiger partial charge on any atom is 0.250 e. The smallest absolute Gasteiger partial charge is 0.250 e. The second kappa shape index (κ2) is 6.64. The molecular weight excluding hydrogens is 270 g/mol. The second-order valence-electron chi connectivity index (χ2n) is 5.25. The highest BCUT2D eigenvalue weighted by Gasteiger charge is 2.20. The molecule has 1 aliphatic heterocycles. The summed E-state index contributed by atoms with van der Waals surface area (Å²) in [6, 6.07) is 3.54. The fourth-order valence-corrected chi connectivity index (χ4v) is 2.57. The van der Waals surface area contributed by atoms with Crippen molar-refractivity contribution in [3.05, 3.63) is 46.4 Å². The lowest BCUT2D eigenvalue weighted by atomic mass is 10.1.